The van der Waals surface area contributed by atoms with Crippen molar-refractivity contribution in [1.29, 1.82) is 0 Å². The SMILES string of the molecule is C.C.C.C.C.C.CCCCCCCCOC1=NC#SC1=C1S#CN=C1OCCCCCCCC.[Sn].[Sn]. The third-order valence-electron chi connectivity index (χ3n) is 4.66. The Hall–Kier alpha value is 0.277. The Morgan fingerprint density at radius 3 is 1.17 bits per heavy atom. The van der Waals surface area contributed by atoms with Gasteiger partial charge in [-0.3, -0.25) is 0 Å². The Morgan fingerprint density at radius 1 is 0.528 bits per heavy atom. The van der Waals surface area contributed by atoms with Crippen LogP contribution < -0.4 is 0 Å². The second-order valence-corrected chi connectivity index (χ2v) is 8.70. The summed E-state index contributed by atoms with van der Waals surface area (Å²) in [6, 6.07) is 0. The van der Waals surface area contributed by atoms with Crippen molar-refractivity contribution in [1.82, 2.24) is 0 Å². The monoisotopic (exact) mass is 758 g/mol. The van der Waals surface area contributed by atoms with E-state index in [9.17, 15) is 0 Å². The van der Waals surface area contributed by atoms with Gasteiger partial charge in [0.1, 0.15) is 9.81 Å². The van der Waals surface area contributed by atoms with Gasteiger partial charge in [0.05, 0.1) is 23.8 Å². The molecule has 0 amide bonds. The zero-order valence-electron chi connectivity index (χ0n) is 18.4. The molecule has 0 atom stereocenters. The first-order valence-electron chi connectivity index (χ1n) is 10.9. The zero-order valence-corrected chi connectivity index (χ0v) is 25.8. The Bertz CT molecular complexity index is 659. The fraction of sp³-hybridized carbons (Fsp3) is 0.786. The Kier molecular flexibility index (Phi) is 51.6. The quantitative estimate of drug-likeness (QED) is 0.131. The molecular formula is C28H58N2O2S2Sn2. The molecule has 212 valence electrons. The summed E-state index contributed by atoms with van der Waals surface area (Å²) in [7, 11) is 0. The van der Waals surface area contributed by atoms with E-state index in [4.69, 9.17) is 9.47 Å². The van der Waals surface area contributed by atoms with Crippen molar-refractivity contribution in [3.05, 3.63) is 9.81 Å². The smallest absolute Gasteiger partial charge is 0.242 e. The number of aliphatic imine (C=N–C) groups is 2. The van der Waals surface area contributed by atoms with E-state index in [0.717, 1.165) is 22.7 Å². The predicted molar refractivity (Wildman–Crippen MR) is 175 cm³/mol. The van der Waals surface area contributed by atoms with E-state index >= 15 is 0 Å². The van der Waals surface area contributed by atoms with Gasteiger partial charge in [0.2, 0.25) is 11.8 Å². The van der Waals surface area contributed by atoms with Gasteiger partial charge in [0.15, 0.2) is 0 Å². The molecule has 0 unspecified atom stereocenters. The molecule has 36 heavy (non-hydrogen) atoms. The first-order chi connectivity index (χ1) is 13.9. The summed E-state index contributed by atoms with van der Waals surface area (Å²) in [5.74, 6) is 1.31. The first kappa shape index (κ1) is 52.7. The summed E-state index contributed by atoms with van der Waals surface area (Å²) in [6.07, 6.45) is 15.0. The second-order valence-electron chi connectivity index (χ2n) is 7.11. The molecule has 8 radical (unpaired) electrons. The molecule has 2 aliphatic heterocycles. The van der Waals surface area contributed by atoms with Crippen LogP contribution in [0.5, 0.6) is 0 Å². The Labute approximate surface area is 268 Å². The predicted octanol–water partition coefficient (Wildman–Crippen LogP) is 10.1. The van der Waals surface area contributed by atoms with E-state index in [-0.39, 0.29) is 92.4 Å². The van der Waals surface area contributed by atoms with E-state index in [0.29, 0.717) is 25.0 Å². The molecule has 0 aromatic carbocycles. The fourth-order valence-electron chi connectivity index (χ4n) is 2.99. The molecule has 0 saturated carbocycles. The van der Waals surface area contributed by atoms with Gasteiger partial charge in [-0.2, -0.15) is 9.98 Å². The van der Waals surface area contributed by atoms with Crippen LogP contribution in [0.3, 0.4) is 0 Å². The minimum atomic E-state index is 0. The van der Waals surface area contributed by atoms with Gasteiger partial charge in [-0.05, 0) is 12.8 Å². The van der Waals surface area contributed by atoms with Crippen molar-refractivity contribution in [3.8, 4) is 10.6 Å². The van der Waals surface area contributed by atoms with Crippen LogP contribution in [-0.2, 0) is 9.47 Å². The molecule has 0 N–H and O–H groups in total. The topological polar surface area (TPSA) is 43.2 Å². The van der Waals surface area contributed by atoms with Crippen molar-refractivity contribution < 1.29 is 9.47 Å². The summed E-state index contributed by atoms with van der Waals surface area (Å²) in [5, 5.41) is 5.91. The molecule has 0 aliphatic carbocycles. The normalized spacial score (nSPS) is 13.5. The van der Waals surface area contributed by atoms with Gasteiger partial charge in [-0.1, -0.05) is 145 Å². The van der Waals surface area contributed by atoms with Crippen LogP contribution in [0.4, 0.5) is 0 Å². The Morgan fingerprint density at radius 2 is 0.833 bits per heavy atom. The average Bonchev–Trinajstić information content (AvgIpc) is 3.35. The molecule has 4 nitrogen and oxygen atoms in total. The third kappa shape index (κ3) is 21.2. The molecule has 0 spiro atoms. The Balaban J connectivity index is -0.000000210. The number of rotatable bonds is 14. The number of hydrogen-bond acceptors (Lipinski definition) is 4. The van der Waals surface area contributed by atoms with Crippen molar-refractivity contribution in [3.63, 3.8) is 0 Å². The molecule has 2 heterocycles. The van der Waals surface area contributed by atoms with Gasteiger partial charge in [0.25, 0.3) is 0 Å². The zero-order chi connectivity index (χ0) is 19.9. The maximum Gasteiger partial charge on any atom is 0.242 e. The van der Waals surface area contributed by atoms with Crippen molar-refractivity contribution in [2.75, 3.05) is 13.2 Å². The molecule has 0 fully saturated rings. The third-order valence-corrected chi connectivity index (χ3v) is 6.32. The van der Waals surface area contributed by atoms with Crippen LogP contribution >= 0.6 is 22.3 Å². The van der Waals surface area contributed by atoms with Crippen LogP contribution in [0.15, 0.2) is 19.8 Å². The first-order valence-corrected chi connectivity index (χ1v) is 12.5. The van der Waals surface area contributed by atoms with Crippen LogP contribution in [0, 0.1) is 10.6 Å². The number of ether oxygens (including phenoxy) is 2. The number of nitrogens with zero attached hydrogens (tertiary/aromatic N) is 2. The summed E-state index contributed by atoms with van der Waals surface area (Å²) in [4.78, 5) is 10.5. The van der Waals surface area contributed by atoms with Gasteiger partial charge in [-0.15, -0.1) is 0 Å². The molecular weight excluding hydrogens is 698 g/mol. The average molecular weight is 756 g/mol. The maximum atomic E-state index is 5.92. The van der Waals surface area contributed by atoms with Crippen molar-refractivity contribution >= 4 is 81.9 Å². The van der Waals surface area contributed by atoms with Gasteiger partial charge >= 0.3 is 0 Å². The van der Waals surface area contributed by atoms with E-state index in [1.807, 2.05) is 0 Å². The van der Waals surface area contributed by atoms with Gasteiger partial charge < -0.3 is 9.47 Å². The van der Waals surface area contributed by atoms with E-state index in [2.05, 4.69) is 34.4 Å². The van der Waals surface area contributed by atoms with Gasteiger partial charge in [0, 0.05) is 47.8 Å². The van der Waals surface area contributed by atoms with Crippen LogP contribution in [-0.4, -0.2) is 72.8 Å². The molecule has 2 rings (SSSR count). The van der Waals surface area contributed by atoms with Crippen LogP contribution in [0.25, 0.3) is 0 Å². The van der Waals surface area contributed by atoms with E-state index in [1.54, 1.807) is 0 Å². The summed E-state index contributed by atoms with van der Waals surface area (Å²) in [6.45, 7) is 5.89. The summed E-state index contributed by atoms with van der Waals surface area (Å²) in [5.41, 5.74) is 0. The van der Waals surface area contributed by atoms with Crippen molar-refractivity contribution in [2.45, 2.75) is 135 Å². The van der Waals surface area contributed by atoms with Gasteiger partial charge in [-0.25, -0.2) is 0 Å². The standard InChI is InChI=1S/C22H34N2O2S2.6CH4.2Sn/c1-3-5-7-9-11-13-15-25-21-19(27-17-23-21)20-22(24-18-28-20)26-16-14-12-10-8-6-4-2;;;;;;;;/h3-16H2,1-2H3;6*1H4;;. The second kappa shape index (κ2) is 35.3. The van der Waals surface area contributed by atoms with Crippen molar-refractivity contribution in [2.24, 2.45) is 9.98 Å². The number of hydrogen-bond donors (Lipinski definition) is 0. The van der Waals surface area contributed by atoms with E-state index in [1.165, 1.54) is 86.5 Å². The van der Waals surface area contributed by atoms with E-state index < -0.39 is 0 Å². The molecule has 0 aromatic rings. The molecule has 8 heteroatoms. The summed E-state index contributed by atoms with van der Waals surface area (Å²) >= 11 is 2.92. The summed E-state index contributed by atoms with van der Waals surface area (Å²) < 4.78 is 11.8. The maximum absolute atomic E-state index is 5.92. The molecule has 2 aliphatic rings. The fourth-order valence-corrected chi connectivity index (χ4v) is 4.43. The molecule has 0 bridgehead atoms. The largest absolute Gasteiger partial charge is 0.476 e. The molecule has 0 aromatic heterocycles. The number of unbranched alkanes of at least 4 members (excludes halogenated alkanes) is 10. The van der Waals surface area contributed by atoms with Crippen LogP contribution in [0.2, 0.25) is 0 Å². The minimum Gasteiger partial charge on any atom is -0.476 e. The minimum absolute atomic E-state index is 0. The van der Waals surface area contributed by atoms with Crippen LogP contribution in [0.1, 0.15) is 135 Å². The molecule has 0 saturated heterocycles.